The van der Waals surface area contributed by atoms with Gasteiger partial charge < -0.3 is 9.47 Å². The lowest BCUT2D eigenvalue weighted by molar-refractivity contribution is -0.143. The van der Waals surface area contributed by atoms with Crippen molar-refractivity contribution in [1.82, 2.24) is 0 Å². The summed E-state index contributed by atoms with van der Waals surface area (Å²) in [6, 6.07) is 14.3. The van der Waals surface area contributed by atoms with Gasteiger partial charge in [0.1, 0.15) is 5.75 Å². The molecule has 0 fully saturated rings. The second-order valence-corrected chi connectivity index (χ2v) is 9.19. The van der Waals surface area contributed by atoms with Gasteiger partial charge in [0.2, 0.25) is 0 Å². The highest BCUT2D eigenvalue weighted by atomic mass is 32.2. The lowest BCUT2D eigenvalue weighted by atomic mass is 10.0. The number of carbonyl (C=O) groups excluding carboxylic acids is 1. The molecule has 2 aromatic rings. The SMILES string of the molecule is CCOC(=O)CCc1cccc(C#Cc2ccc3c(c2)C(SC)(SC)CCO3)c1. The zero-order chi connectivity index (χ0) is 20.7. The Morgan fingerprint density at radius 1 is 1.14 bits per heavy atom. The van der Waals surface area contributed by atoms with Gasteiger partial charge in [0.25, 0.3) is 0 Å². The van der Waals surface area contributed by atoms with E-state index in [4.69, 9.17) is 9.47 Å². The van der Waals surface area contributed by atoms with Gasteiger partial charge in [-0.15, -0.1) is 23.5 Å². The van der Waals surface area contributed by atoms with E-state index in [1.54, 1.807) is 0 Å². The molecule has 1 aliphatic rings. The van der Waals surface area contributed by atoms with E-state index in [0.717, 1.165) is 35.5 Å². The molecule has 3 nitrogen and oxygen atoms in total. The molecule has 5 heteroatoms. The molecule has 0 unspecified atom stereocenters. The molecule has 1 aliphatic heterocycles. The first-order valence-electron chi connectivity index (χ1n) is 9.74. The molecular weight excluding hydrogens is 400 g/mol. The Balaban J connectivity index is 1.78. The molecule has 0 N–H and O–H groups in total. The molecule has 0 saturated carbocycles. The first-order valence-corrected chi connectivity index (χ1v) is 12.2. The fourth-order valence-corrected chi connectivity index (χ4v) is 5.40. The van der Waals surface area contributed by atoms with Gasteiger partial charge in [-0.1, -0.05) is 24.0 Å². The van der Waals surface area contributed by atoms with E-state index < -0.39 is 0 Å². The van der Waals surface area contributed by atoms with Gasteiger partial charge in [-0.2, -0.15) is 0 Å². The highest BCUT2D eigenvalue weighted by Gasteiger charge is 2.36. The summed E-state index contributed by atoms with van der Waals surface area (Å²) in [6.07, 6.45) is 6.36. The number of ether oxygens (including phenoxy) is 2. The predicted molar refractivity (Wildman–Crippen MR) is 123 cm³/mol. The number of carbonyl (C=O) groups is 1. The highest BCUT2D eigenvalue weighted by Crippen LogP contribution is 2.52. The third kappa shape index (κ3) is 5.32. The van der Waals surface area contributed by atoms with Crippen LogP contribution in [0.1, 0.15) is 42.0 Å². The summed E-state index contributed by atoms with van der Waals surface area (Å²) in [6.45, 7) is 2.99. The van der Waals surface area contributed by atoms with Gasteiger partial charge in [-0.25, -0.2) is 0 Å². The van der Waals surface area contributed by atoms with Crippen LogP contribution in [0, 0.1) is 11.8 Å². The van der Waals surface area contributed by atoms with Gasteiger partial charge in [-0.05, 0) is 61.8 Å². The number of fused-ring (bicyclic) bond motifs is 1. The average Bonchev–Trinajstić information content (AvgIpc) is 2.76. The number of hydrogen-bond acceptors (Lipinski definition) is 5. The molecule has 0 amide bonds. The van der Waals surface area contributed by atoms with Crippen molar-refractivity contribution in [3.8, 4) is 17.6 Å². The Morgan fingerprint density at radius 2 is 1.90 bits per heavy atom. The van der Waals surface area contributed by atoms with Crippen LogP contribution in [-0.4, -0.2) is 31.7 Å². The third-order valence-electron chi connectivity index (χ3n) is 4.94. The molecule has 0 atom stereocenters. The Kier molecular flexibility index (Phi) is 7.57. The summed E-state index contributed by atoms with van der Waals surface area (Å²) in [5.41, 5.74) is 4.24. The van der Waals surface area contributed by atoms with E-state index in [-0.39, 0.29) is 10.0 Å². The summed E-state index contributed by atoms with van der Waals surface area (Å²) in [5, 5.41) is 0. The van der Waals surface area contributed by atoms with Crippen LogP contribution in [-0.2, 0) is 20.0 Å². The second-order valence-electron chi connectivity index (χ2n) is 6.73. The van der Waals surface area contributed by atoms with Crippen LogP contribution in [0.3, 0.4) is 0 Å². The first-order chi connectivity index (χ1) is 14.1. The number of rotatable bonds is 6. The van der Waals surface area contributed by atoms with Gasteiger partial charge >= 0.3 is 5.97 Å². The number of hydrogen-bond donors (Lipinski definition) is 0. The molecule has 0 saturated heterocycles. The minimum absolute atomic E-state index is 0.0261. The molecule has 3 rings (SSSR count). The number of aryl methyl sites for hydroxylation is 1. The van der Waals surface area contributed by atoms with Gasteiger partial charge in [0.15, 0.2) is 0 Å². The number of esters is 1. The first kappa shape index (κ1) is 21.7. The minimum Gasteiger partial charge on any atom is -0.493 e. The van der Waals surface area contributed by atoms with E-state index in [9.17, 15) is 4.79 Å². The smallest absolute Gasteiger partial charge is 0.306 e. The van der Waals surface area contributed by atoms with E-state index in [2.05, 4.69) is 30.4 Å². The summed E-state index contributed by atoms with van der Waals surface area (Å²) in [4.78, 5) is 11.6. The Morgan fingerprint density at radius 3 is 2.62 bits per heavy atom. The van der Waals surface area contributed by atoms with E-state index in [1.165, 1.54) is 5.56 Å². The van der Waals surface area contributed by atoms with Crippen LogP contribution in [0.4, 0.5) is 0 Å². The van der Waals surface area contributed by atoms with Crippen molar-refractivity contribution in [2.75, 3.05) is 25.7 Å². The van der Waals surface area contributed by atoms with Crippen LogP contribution < -0.4 is 4.74 Å². The Hall–Kier alpha value is -2.03. The quantitative estimate of drug-likeness (QED) is 0.358. The number of benzene rings is 2. The fourth-order valence-electron chi connectivity index (χ4n) is 3.40. The van der Waals surface area contributed by atoms with Crippen molar-refractivity contribution in [2.45, 2.75) is 30.3 Å². The lowest BCUT2D eigenvalue weighted by Gasteiger charge is -2.36. The topological polar surface area (TPSA) is 35.5 Å². The van der Waals surface area contributed by atoms with Crippen molar-refractivity contribution in [3.63, 3.8) is 0 Å². The molecule has 1 heterocycles. The maximum Gasteiger partial charge on any atom is 0.306 e. The van der Waals surface area contributed by atoms with Crippen LogP contribution in [0.5, 0.6) is 5.75 Å². The average molecular weight is 427 g/mol. The van der Waals surface area contributed by atoms with Crippen LogP contribution in [0.25, 0.3) is 0 Å². The van der Waals surface area contributed by atoms with Crippen LogP contribution >= 0.6 is 23.5 Å². The van der Waals surface area contributed by atoms with Crippen molar-refractivity contribution >= 4 is 29.5 Å². The summed E-state index contributed by atoms with van der Waals surface area (Å²) in [7, 11) is 0. The van der Waals surface area contributed by atoms with E-state index in [1.807, 2.05) is 66.8 Å². The Bertz CT molecular complexity index is 923. The third-order valence-corrected chi connectivity index (χ3v) is 8.11. The molecule has 2 aromatic carbocycles. The van der Waals surface area contributed by atoms with Crippen molar-refractivity contribution in [2.24, 2.45) is 0 Å². The summed E-state index contributed by atoms with van der Waals surface area (Å²) < 4.78 is 10.9. The monoisotopic (exact) mass is 426 g/mol. The van der Waals surface area contributed by atoms with Gasteiger partial charge in [0.05, 0.1) is 17.3 Å². The molecule has 0 aliphatic carbocycles. The summed E-state index contributed by atoms with van der Waals surface area (Å²) >= 11 is 3.74. The molecule has 152 valence electrons. The molecule has 0 spiro atoms. The Labute approximate surface area is 181 Å². The molecule has 29 heavy (non-hydrogen) atoms. The highest BCUT2D eigenvalue weighted by molar-refractivity contribution is 8.16. The van der Waals surface area contributed by atoms with Crippen LogP contribution in [0.2, 0.25) is 0 Å². The zero-order valence-corrected chi connectivity index (χ0v) is 18.8. The van der Waals surface area contributed by atoms with Crippen molar-refractivity contribution < 1.29 is 14.3 Å². The normalized spacial score (nSPS) is 14.2. The minimum atomic E-state index is -0.161. The lowest BCUT2D eigenvalue weighted by Crippen LogP contribution is -2.26. The molecule has 0 aromatic heterocycles. The standard InChI is InChI=1S/C24H26O3S2/c1-4-26-23(25)13-11-19-7-5-6-18(16-19)8-9-20-10-12-22-21(17-20)24(28-2,29-3)14-15-27-22/h5-7,10,12,16-17H,4,11,13-15H2,1-3H3. The molecule has 0 radical (unpaired) electrons. The van der Waals surface area contributed by atoms with Crippen LogP contribution in [0.15, 0.2) is 42.5 Å². The number of thioether (sulfide) groups is 2. The second kappa shape index (κ2) is 10.1. The van der Waals surface area contributed by atoms with E-state index in [0.29, 0.717) is 19.4 Å². The maximum atomic E-state index is 11.6. The molecular formula is C24H26O3S2. The predicted octanol–water partition coefficient (Wildman–Crippen LogP) is 5.24. The van der Waals surface area contributed by atoms with Gasteiger partial charge in [0, 0.05) is 29.5 Å². The van der Waals surface area contributed by atoms with E-state index >= 15 is 0 Å². The summed E-state index contributed by atoms with van der Waals surface area (Å²) in [5.74, 6) is 7.36. The van der Waals surface area contributed by atoms with Crippen molar-refractivity contribution in [3.05, 3.63) is 64.7 Å². The zero-order valence-electron chi connectivity index (χ0n) is 17.1. The van der Waals surface area contributed by atoms with Gasteiger partial charge in [-0.3, -0.25) is 4.79 Å². The fraction of sp³-hybridized carbons (Fsp3) is 0.375. The largest absolute Gasteiger partial charge is 0.493 e. The van der Waals surface area contributed by atoms with Crippen molar-refractivity contribution in [1.29, 1.82) is 0 Å². The maximum absolute atomic E-state index is 11.6. The molecule has 0 bridgehead atoms.